The highest BCUT2D eigenvalue weighted by molar-refractivity contribution is 5.97. The topological polar surface area (TPSA) is 34.1 Å². The summed E-state index contributed by atoms with van der Waals surface area (Å²) in [6.45, 7) is 5.22. The minimum absolute atomic E-state index is 0.0141. The fraction of sp³-hybridized carbons (Fsp3) is 0.250. The van der Waals surface area contributed by atoms with Gasteiger partial charge >= 0.3 is 0 Å². The molecule has 1 aromatic rings. The van der Waals surface area contributed by atoms with Gasteiger partial charge < -0.3 is 4.79 Å². The Morgan fingerprint density at radius 1 is 1.14 bits per heavy atom. The number of benzene rings is 1. The molecule has 0 aliphatic rings. The van der Waals surface area contributed by atoms with E-state index in [0.717, 1.165) is 5.56 Å². The van der Waals surface area contributed by atoms with Gasteiger partial charge in [0, 0.05) is 18.4 Å². The summed E-state index contributed by atoms with van der Waals surface area (Å²) in [4.78, 5) is 22.2. The van der Waals surface area contributed by atoms with Crippen LogP contribution in [0, 0.1) is 6.92 Å². The van der Waals surface area contributed by atoms with Gasteiger partial charge in [-0.3, -0.25) is 4.79 Å². The van der Waals surface area contributed by atoms with Crippen LogP contribution in [0.2, 0.25) is 0 Å². The van der Waals surface area contributed by atoms with Crippen LogP contribution < -0.4 is 0 Å². The molecule has 0 spiro atoms. The van der Waals surface area contributed by atoms with Crippen molar-refractivity contribution in [1.82, 2.24) is 0 Å². The van der Waals surface area contributed by atoms with Crippen LogP contribution in [0.5, 0.6) is 0 Å². The first-order chi connectivity index (χ1) is 6.59. The van der Waals surface area contributed by atoms with Crippen LogP contribution in [0.4, 0.5) is 0 Å². The Balaban J connectivity index is 2.61. The van der Waals surface area contributed by atoms with Crippen LogP contribution >= 0.6 is 0 Å². The average molecular weight is 189 g/mol. The standard InChI is InChI=1S/C12H13O2/c1-9-3-6-11(7-4-9)12(14)8-5-10(2)13/h3-4,6-7H,1,5,8H2,2H3. The number of hydrogen-bond donors (Lipinski definition) is 0. The second kappa shape index (κ2) is 4.70. The van der Waals surface area contributed by atoms with Crippen molar-refractivity contribution in [2.75, 3.05) is 0 Å². The normalized spacial score (nSPS) is 9.86. The Hall–Kier alpha value is -1.44. The molecule has 0 fully saturated rings. The van der Waals surface area contributed by atoms with Gasteiger partial charge in [-0.15, -0.1) is 0 Å². The van der Waals surface area contributed by atoms with Gasteiger partial charge in [-0.05, 0) is 19.4 Å². The van der Waals surface area contributed by atoms with E-state index in [-0.39, 0.29) is 11.6 Å². The number of Topliss-reactive ketones (excluding diaryl/α,β-unsaturated/α-hetero) is 2. The van der Waals surface area contributed by atoms with Gasteiger partial charge in [-0.2, -0.15) is 0 Å². The molecule has 0 aromatic heterocycles. The fourth-order valence-corrected chi connectivity index (χ4v) is 1.12. The van der Waals surface area contributed by atoms with Gasteiger partial charge in [0.1, 0.15) is 5.78 Å². The minimum Gasteiger partial charge on any atom is -0.300 e. The van der Waals surface area contributed by atoms with Gasteiger partial charge in [0.15, 0.2) is 5.78 Å². The zero-order valence-corrected chi connectivity index (χ0v) is 8.25. The smallest absolute Gasteiger partial charge is 0.163 e. The zero-order chi connectivity index (χ0) is 10.6. The Kier molecular flexibility index (Phi) is 3.57. The van der Waals surface area contributed by atoms with E-state index in [0.29, 0.717) is 18.4 Å². The van der Waals surface area contributed by atoms with Crippen molar-refractivity contribution in [1.29, 1.82) is 0 Å². The van der Waals surface area contributed by atoms with E-state index in [9.17, 15) is 9.59 Å². The molecule has 0 aliphatic heterocycles. The summed E-state index contributed by atoms with van der Waals surface area (Å²) < 4.78 is 0. The van der Waals surface area contributed by atoms with E-state index in [4.69, 9.17) is 0 Å². The van der Waals surface area contributed by atoms with E-state index < -0.39 is 0 Å². The van der Waals surface area contributed by atoms with E-state index in [1.807, 2.05) is 0 Å². The van der Waals surface area contributed by atoms with Gasteiger partial charge in [0.05, 0.1) is 0 Å². The van der Waals surface area contributed by atoms with E-state index in [2.05, 4.69) is 6.92 Å². The third-order valence-electron chi connectivity index (χ3n) is 1.98. The van der Waals surface area contributed by atoms with Gasteiger partial charge in [-0.25, -0.2) is 0 Å². The Bertz CT molecular complexity index is 336. The maximum absolute atomic E-state index is 11.5. The SMILES string of the molecule is [CH2]c1ccc(C(=O)CCC(C)=O)cc1. The lowest BCUT2D eigenvalue weighted by Crippen LogP contribution is -2.01. The predicted octanol–water partition coefficient (Wildman–Crippen LogP) is 2.42. The lowest BCUT2D eigenvalue weighted by Gasteiger charge is -1.99. The molecule has 2 nitrogen and oxygen atoms in total. The monoisotopic (exact) mass is 189 g/mol. The first kappa shape index (κ1) is 10.6. The molecule has 0 unspecified atom stereocenters. The molecule has 0 saturated heterocycles. The molecule has 14 heavy (non-hydrogen) atoms. The molecule has 73 valence electrons. The van der Waals surface area contributed by atoms with Crippen LogP contribution in [-0.2, 0) is 4.79 Å². The minimum atomic E-state index is 0.0141. The highest BCUT2D eigenvalue weighted by Crippen LogP contribution is 2.07. The first-order valence-electron chi connectivity index (χ1n) is 4.54. The highest BCUT2D eigenvalue weighted by atomic mass is 16.1. The first-order valence-corrected chi connectivity index (χ1v) is 4.54. The summed E-state index contributed by atoms with van der Waals surface area (Å²) in [5.74, 6) is 0.0623. The molecule has 0 bridgehead atoms. The second-order valence-corrected chi connectivity index (χ2v) is 3.32. The Morgan fingerprint density at radius 2 is 1.71 bits per heavy atom. The third kappa shape index (κ3) is 3.13. The number of carbonyl (C=O) groups is 2. The quantitative estimate of drug-likeness (QED) is 0.681. The maximum atomic E-state index is 11.5. The van der Waals surface area contributed by atoms with Gasteiger partial charge in [-0.1, -0.05) is 24.3 Å². The summed E-state index contributed by atoms with van der Waals surface area (Å²) in [6.07, 6.45) is 0.622. The Morgan fingerprint density at radius 3 is 2.21 bits per heavy atom. The lowest BCUT2D eigenvalue weighted by molar-refractivity contribution is -0.116. The Labute approximate surface area is 83.9 Å². The van der Waals surface area contributed by atoms with Gasteiger partial charge in [0.2, 0.25) is 0 Å². The molecule has 0 heterocycles. The maximum Gasteiger partial charge on any atom is 0.163 e. The average Bonchev–Trinajstić information content (AvgIpc) is 2.15. The number of hydrogen-bond acceptors (Lipinski definition) is 2. The molecule has 0 aliphatic carbocycles. The summed E-state index contributed by atoms with van der Waals surface area (Å²) in [5.41, 5.74) is 1.53. The molecule has 0 amide bonds. The van der Waals surface area contributed by atoms with Gasteiger partial charge in [0.25, 0.3) is 0 Å². The second-order valence-electron chi connectivity index (χ2n) is 3.32. The number of ketones is 2. The van der Waals surface area contributed by atoms with Crippen LogP contribution in [-0.4, -0.2) is 11.6 Å². The summed E-state index contributed by atoms with van der Waals surface area (Å²) in [6, 6.07) is 7.07. The highest BCUT2D eigenvalue weighted by Gasteiger charge is 2.06. The van der Waals surface area contributed by atoms with Crippen molar-refractivity contribution < 1.29 is 9.59 Å². The fourth-order valence-electron chi connectivity index (χ4n) is 1.12. The van der Waals surface area contributed by atoms with Crippen LogP contribution in [0.1, 0.15) is 35.7 Å². The van der Waals surface area contributed by atoms with Crippen molar-refractivity contribution in [3.05, 3.63) is 42.3 Å². The molecule has 0 atom stereocenters. The summed E-state index contributed by atoms with van der Waals surface area (Å²) in [7, 11) is 0. The number of carbonyl (C=O) groups excluding carboxylic acids is 2. The van der Waals surface area contributed by atoms with Crippen LogP contribution in [0.25, 0.3) is 0 Å². The lowest BCUT2D eigenvalue weighted by atomic mass is 10.0. The molecular weight excluding hydrogens is 176 g/mol. The largest absolute Gasteiger partial charge is 0.300 e. The summed E-state index contributed by atoms with van der Waals surface area (Å²) >= 11 is 0. The number of rotatable bonds is 4. The van der Waals surface area contributed by atoms with Crippen molar-refractivity contribution in [3.8, 4) is 0 Å². The predicted molar refractivity (Wildman–Crippen MR) is 55.1 cm³/mol. The molecule has 1 aromatic carbocycles. The zero-order valence-electron chi connectivity index (χ0n) is 8.25. The molecule has 2 heteroatoms. The third-order valence-corrected chi connectivity index (χ3v) is 1.98. The van der Waals surface area contributed by atoms with Crippen LogP contribution in [0.15, 0.2) is 24.3 Å². The van der Waals surface area contributed by atoms with Crippen molar-refractivity contribution >= 4 is 11.6 Å². The van der Waals surface area contributed by atoms with Crippen LogP contribution in [0.3, 0.4) is 0 Å². The molecular formula is C12H13O2. The van der Waals surface area contributed by atoms with Crippen molar-refractivity contribution in [3.63, 3.8) is 0 Å². The molecule has 0 saturated carbocycles. The summed E-state index contributed by atoms with van der Waals surface area (Å²) in [5, 5.41) is 0. The van der Waals surface area contributed by atoms with E-state index in [1.54, 1.807) is 24.3 Å². The van der Waals surface area contributed by atoms with Crippen molar-refractivity contribution in [2.24, 2.45) is 0 Å². The van der Waals surface area contributed by atoms with E-state index >= 15 is 0 Å². The van der Waals surface area contributed by atoms with E-state index in [1.165, 1.54) is 6.92 Å². The molecule has 1 rings (SSSR count). The molecule has 1 radical (unpaired) electrons. The van der Waals surface area contributed by atoms with Crippen molar-refractivity contribution in [2.45, 2.75) is 19.8 Å². The molecule has 0 N–H and O–H groups in total.